The second kappa shape index (κ2) is 6.87. The molecule has 0 saturated heterocycles. The molecule has 8 heteroatoms. The Balaban J connectivity index is 1.51. The molecule has 1 aliphatic rings. The number of carbonyl (C=O) groups excluding carboxylic acids is 2. The molecule has 0 spiro atoms. The van der Waals surface area contributed by atoms with Crippen LogP contribution >= 0.6 is 11.3 Å². The minimum atomic E-state index is -0.681. The van der Waals surface area contributed by atoms with Crippen molar-refractivity contribution in [2.24, 2.45) is 0 Å². The molecule has 0 aliphatic heterocycles. The molecular formula is C18H19N5O2S. The molecule has 134 valence electrons. The van der Waals surface area contributed by atoms with Crippen LogP contribution < -0.4 is 10.6 Å². The van der Waals surface area contributed by atoms with E-state index in [2.05, 4.69) is 25.8 Å². The minimum absolute atomic E-state index is 0.249. The van der Waals surface area contributed by atoms with Crippen molar-refractivity contribution in [1.29, 1.82) is 0 Å². The molecule has 1 aromatic carbocycles. The van der Waals surface area contributed by atoms with E-state index in [1.54, 1.807) is 0 Å². The highest BCUT2D eigenvalue weighted by Gasteiger charge is 2.28. The summed E-state index contributed by atoms with van der Waals surface area (Å²) < 4.78 is 0. The van der Waals surface area contributed by atoms with Crippen LogP contribution in [-0.4, -0.2) is 33.0 Å². The van der Waals surface area contributed by atoms with E-state index in [9.17, 15) is 9.59 Å². The third-order valence-corrected chi connectivity index (χ3v) is 5.39. The largest absolute Gasteiger partial charge is 0.361 e. The first kappa shape index (κ1) is 16.7. The van der Waals surface area contributed by atoms with Crippen LogP contribution in [0.15, 0.2) is 30.5 Å². The van der Waals surface area contributed by atoms with Crippen molar-refractivity contribution < 1.29 is 9.59 Å². The maximum absolute atomic E-state index is 12.7. The fourth-order valence-electron chi connectivity index (χ4n) is 2.95. The molecule has 0 bridgehead atoms. The normalized spacial score (nSPS) is 15.0. The number of amides is 2. The second-order valence-corrected chi connectivity index (χ2v) is 7.53. The molecule has 2 aromatic heterocycles. The number of fused-ring (bicyclic) bond motifs is 1. The molecule has 1 fully saturated rings. The molecule has 1 unspecified atom stereocenters. The number of H-pyrrole nitrogens is 1. The standard InChI is InChI=1S/C18H19N5O2S/c1-10(24)20-15(8-12-9-19-14-5-3-2-4-13(12)14)16(25)21-18-23-22-17(26-18)11-6-7-11/h2-5,9,11,15,19H,6-8H2,1H3,(H,20,24)(H,21,23,25). The molecule has 2 heterocycles. The summed E-state index contributed by atoms with van der Waals surface area (Å²) in [7, 11) is 0. The van der Waals surface area contributed by atoms with Gasteiger partial charge in [-0.15, -0.1) is 10.2 Å². The number of hydrogen-bond acceptors (Lipinski definition) is 5. The summed E-state index contributed by atoms with van der Waals surface area (Å²) in [6, 6.07) is 7.20. The lowest BCUT2D eigenvalue weighted by atomic mass is 10.0. The summed E-state index contributed by atoms with van der Waals surface area (Å²) in [5.41, 5.74) is 1.98. The maximum Gasteiger partial charge on any atom is 0.249 e. The molecule has 26 heavy (non-hydrogen) atoms. The van der Waals surface area contributed by atoms with Crippen molar-refractivity contribution in [1.82, 2.24) is 20.5 Å². The van der Waals surface area contributed by atoms with Gasteiger partial charge in [-0.3, -0.25) is 14.9 Å². The van der Waals surface area contributed by atoms with Gasteiger partial charge in [0, 0.05) is 36.4 Å². The molecule has 3 aromatic rings. The molecule has 1 saturated carbocycles. The van der Waals surface area contributed by atoms with Crippen molar-refractivity contribution in [2.45, 2.75) is 38.1 Å². The summed E-state index contributed by atoms with van der Waals surface area (Å²) in [6.45, 7) is 1.41. The quantitative estimate of drug-likeness (QED) is 0.622. The fourth-order valence-corrected chi connectivity index (χ4v) is 3.86. The minimum Gasteiger partial charge on any atom is -0.361 e. The SMILES string of the molecule is CC(=O)NC(Cc1c[nH]c2ccccc12)C(=O)Nc1nnc(C2CC2)s1. The van der Waals surface area contributed by atoms with Crippen molar-refractivity contribution in [3.05, 3.63) is 41.0 Å². The lowest BCUT2D eigenvalue weighted by molar-refractivity contribution is -0.125. The van der Waals surface area contributed by atoms with E-state index in [1.165, 1.54) is 18.3 Å². The summed E-state index contributed by atoms with van der Waals surface area (Å²) in [6.07, 6.45) is 4.54. The molecule has 1 aliphatic carbocycles. The topological polar surface area (TPSA) is 99.8 Å². The van der Waals surface area contributed by atoms with Crippen LogP contribution in [0.25, 0.3) is 10.9 Å². The highest BCUT2D eigenvalue weighted by molar-refractivity contribution is 7.15. The summed E-state index contributed by atoms with van der Waals surface area (Å²) in [4.78, 5) is 27.5. The Hall–Kier alpha value is -2.74. The van der Waals surface area contributed by atoms with Gasteiger partial charge >= 0.3 is 0 Å². The van der Waals surface area contributed by atoms with Crippen LogP contribution in [-0.2, 0) is 16.0 Å². The van der Waals surface area contributed by atoms with Gasteiger partial charge in [0.15, 0.2) is 0 Å². The zero-order valence-electron chi connectivity index (χ0n) is 14.3. The Kier molecular flexibility index (Phi) is 4.42. The number of rotatable bonds is 6. The molecule has 2 amide bonds. The predicted octanol–water partition coefficient (Wildman–Crippen LogP) is 2.58. The number of nitrogens with zero attached hydrogens (tertiary/aromatic N) is 2. The first-order valence-electron chi connectivity index (χ1n) is 8.56. The maximum atomic E-state index is 12.7. The number of nitrogens with one attached hydrogen (secondary N) is 3. The van der Waals surface area contributed by atoms with Crippen molar-refractivity contribution in [2.75, 3.05) is 5.32 Å². The Morgan fingerprint density at radius 1 is 1.31 bits per heavy atom. The smallest absolute Gasteiger partial charge is 0.249 e. The van der Waals surface area contributed by atoms with Crippen molar-refractivity contribution >= 4 is 39.2 Å². The van der Waals surface area contributed by atoms with Gasteiger partial charge < -0.3 is 10.3 Å². The zero-order valence-corrected chi connectivity index (χ0v) is 15.1. The first-order valence-corrected chi connectivity index (χ1v) is 9.38. The summed E-state index contributed by atoms with van der Waals surface area (Å²) >= 11 is 1.41. The van der Waals surface area contributed by atoms with Crippen LogP contribution in [0.2, 0.25) is 0 Å². The van der Waals surface area contributed by atoms with Gasteiger partial charge in [0.2, 0.25) is 16.9 Å². The van der Waals surface area contributed by atoms with E-state index in [0.29, 0.717) is 17.5 Å². The van der Waals surface area contributed by atoms with Gasteiger partial charge in [-0.05, 0) is 24.5 Å². The lowest BCUT2D eigenvalue weighted by Crippen LogP contribution is -2.44. The summed E-state index contributed by atoms with van der Waals surface area (Å²) in [5, 5.41) is 16.2. The van der Waals surface area contributed by atoms with Gasteiger partial charge in [0.1, 0.15) is 11.0 Å². The Labute approximate surface area is 154 Å². The van der Waals surface area contributed by atoms with E-state index in [4.69, 9.17) is 0 Å². The number of hydrogen-bond donors (Lipinski definition) is 3. The fraction of sp³-hybridized carbons (Fsp3) is 0.333. The zero-order chi connectivity index (χ0) is 18.1. The van der Waals surface area contributed by atoms with Crippen LogP contribution in [0.4, 0.5) is 5.13 Å². The predicted molar refractivity (Wildman–Crippen MR) is 100 cm³/mol. The number of aromatic nitrogens is 3. The molecule has 0 radical (unpaired) electrons. The monoisotopic (exact) mass is 369 g/mol. The number of benzene rings is 1. The Morgan fingerprint density at radius 3 is 2.88 bits per heavy atom. The Morgan fingerprint density at radius 2 is 2.12 bits per heavy atom. The number of aromatic amines is 1. The highest BCUT2D eigenvalue weighted by atomic mass is 32.1. The Bertz CT molecular complexity index is 959. The van der Waals surface area contributed by atoms with Crippen LogP contribution in [0.5, 0.6) is 0 Å². The third-order valence-electron chi connectivity index (χ3n) is 4.39. The molecule has 7 nitrogen and oxygen atoms in total. The van der Waals surface area contributed by atoms with Crippen molar-refractivity contribution in [3.8, 4) is 0 Å². The van der Waals surface area contributed by atoms with Gasteiger partial charge in [0.25, 0.3) is 0 Å². The van der Waals surface area contributed by atoms with Gasteiger partial charge in [0.05, 0.1) is 0 Å². The third kappa shape index (κ3) is 3.60. The van der Waals surface area contributed by atoms with Crippen LogP contribution in [0.1, 0.15) is 36.3 Å². The van der Waals surface area contributed by atoms with E-state index in [-0.39, 0.29) is 11.8 Å². The average molecular weight is 369 g/mol. The lowest BCUT2D eigenvalue weighted by Gasteiger charge is -2.16. The number of para-hydroxylation sites is 1. The highest BCUT2D eigenvalue weighted by Crippen LogP contribution is 2.42. The van der Waals surface area contributed by atoms with Gasteiger partial charge in [-0.2, -0.15) is 0 Å². The second-order valence-electron chi connectivity index (χ2n) is 6.53. The molecule has 4 rings (SSSR count). The van der Waals surface area contributed by atoms with Gasteiger partial charge in [-0.1, -0.05) is 29.5 Å². The van der Waals surface area contributed by atoms with Crippen LogP contribution in [0, 0.1) is 0 Å². The van der Waals surface area contributed by atoms with E-state index in [1.807, 2.05) is 30.5 Å². The average Bonchev–Trinajstić information content (AvgIpc) is 3.24. The van der Waals surface area contributed by atoms with E-state index in [0.717, 1.165) is 34.3 Å². The van der Waals surface area contributed by atoms with Crippen LogP contribution in [0.3, 0.4) is 0 Å². The first-order chi connectivity index (χ1) is 12.6. The van der Waals surface area contributed by atoms with E-state index < -0.39 is 6.04 Å². The van der Waals surface area contributed by atoms with E-state index >= 15 is 0 Å². The molecule has 1 atom stereocenters. The van der Waals surface area contributed by atoms with Crippen molar-refractivity contribution in [3.63, 3.8) is 0 Å². The van der Waals surface area contributed by atoms with Gasteiger partial charge in [-0.25, -0.2) is 0 Å². The number of anilines is 1. The summed E-state index contributed by atoms with van der Waals surface area (Å²) in [5.74, 6) is -0.0413. The molecular weight excluding hydrogens is 350 g/mol. The number of carbonyl (C=O) groups is 2. The molecule has 3 N–H and O–H groups in total.